The first-order valence-electron chi connectivity index (χ1n) is 7.12. The number of aromatic nitrogens is 3. The van der Waals surface area contributed by atoms with Gasteiger partial charge in [-0.3, -0.25) is 0 Å². The molecule has 2 heterocycles. The summed E-state index contributed by atoms with van der Waals surface area (Å²) in [6.45, 7) is 2.09. The number of anilines is 1. The van der Waals surface area contributed by atoms with Gasteiger partial charge >= 0.3 is 0 Å². The van der Waals surface area contributed by atoms with Gasteiger partial charge in [0.05, 0.1) is 12.3 Å². The summed E-state index contributed by atoms with van der Waals surface area (Å²) in [5.74, 6) is 0.577. The van der Waals surface area contributed by atoms with E-state index < -0.39 is 10.0 Å². The first-order chi connectivity index (χ1) is 11.1. The second-order valence-electron chi connectivity index (χ2n) is 4.80. The molecule has 1 N–H and O–H groups in total. The van der Waals surface area contributed by atoms with Crippen molar-refractivity contribution in [3.05, 3.63) is 52.7 Å². The average Bonchev–Trinajstić information content (AvgIpc) is 3.23. The lowest BCUT2D eigenvalue weighted by Crippen LogP contribution is -2.19. The third-order valence-electron chi connectivity index (χ3n) is 3.24. The molecule has 23 heavy (non-hydrogen) atoms. The molecule has 0 bridgehead atoms. The molecule has 0 aliphatic rings. The second-order valence-corrected chi connectivity index (χ2v) is 7.92. The number of nitrogens with zero attached hydrogens (tertiary/aromatic N) is 3. The van der Waals surface area contributed by atoms with E-state index in [4.69, 9.17) is 0 Å². The summed E-state index contributed by atoms with van der Waals surface area (Å²) in [6, 6.07) is 13.2. The van der Waals surface area contributed by atoms with Crippen molar-refractivity contribution >= 4 is 27.3 Å². The van der Waals surface area contributed by atoms with Crippen LogP contribution in [0.25, 0.3) is 11.4 Å². The van der Waals surface area contributed by atoms with Crippen LogP contribution < -0.4 is 5.32 Å². The number of benzene rings is 1. The number of hydrogen-bond donors (Lipinski definition) is 1. The summed E-state index contributed by atoms with van der Waals surface area (Å²) in [5.41, 5.74) is 0.775. The average molecular weight is 348 g/mol. The molecule has 3 aromatic rings. The van der Waals surface area contributed by atoms with Crippen LogP contribution in [0.1, 0.15) is 11.8 Å². The molecule has 0 unspecified atom stereocenters. The van der Waals surface area contributed by atoms with Crippen molar-refractivity contribution in [2.45, 2.75) is 13.5 Å². The Balaban J connectivity index is 1.97. The summed E-state index contributed by atoms with van der Waals surface area (Å²) in [4.78, 5) is 5.45. The normalized spacial score (nSPS) is 11.5. The molecule has 8 heteroatoms. The van der Waals surface area contributed by atoms with Crippen LogP contribution in [-0.2, 0) is 16.6 Å². The van der Waals surface area contributed by atoms with Gasteiger partial charge in [0.1, 0.15) is 0 Å². The molecule has 0 atom stereocenters. The minimum absolute atomic E-state index is 0.0434. The monoisotopic (exact) mass is 348 g/mol. The highest BCUT2D eigenvalue weighted by Gasteiger charge is 2.20. The number of hydrogen-bond acceptors (Lipinski definition) is 6. The van der Waals surface area contributed by atoms with Crippen LogP contribution in [0, 0.1) is 0 Å². The van der Waals surface area contributed by atoms with Crippen molar-refractivity contribution in [2.24, 2.45) is 0 Å². The topological polar surface area (TPSA) is 76.9 Å². The molecule has 0 saturated carbocycles. The van der Waals surface area contributed by atoms with Gasteiger partial charge in [-0.15, -0.1) is 20.5 Å². The third kappa shape index (κ3) is 3.43. The highest BCUT2D eigenvalue weighted by molar-refractivity contribution is 7.89. The van der Waals surface area contributed by atoms with Gasteiger partial charge in [0, 0.05) is 10.4 Å². The SMILES string of the molecule is CCS(=O)(=O)n1nc(-c2ccccc2)nc1NCc1cccs1. The molecule has 6 nitrogen and oxygen atoms in total. The van der Waals surface area contributed by atoms with Crippen molar-refractivity contribution in [2.75, 3.05) is 11.1 Å². The molecule has 3 rings (SSSR count). The zero-order chi connectivity index (χ0) is 16.3. The van der Waals surface area contributed by atoms with Gasteiger partial charge in [-0.05, 0) is 18.4 Å². The quantitative estimate of drug-likeness (QED) is 0.741. The lowest BCUT2D eigenvalue weighted by atomic mass is 10.2. The minimum Gasteiger partial charge on any atom is -0.349 e. The fraction of sp³-hybridized carbons (Fsp3) is 0.200. The van der Waals surface area contributed by atoms with Crippen molar-refractivity contribution in [1.82, 2.24) is 14.2 Å². The molecule has 0 aliphatic carbocycles. The van der Waals surface area contributed by atoms with E-state index in [0.29, 0.717) is 12.4 Å². The largest absolute Gasteiger partial charge is 0.349 e. The lowest BCUT2D eigenvalue weighted by molar-refractivity contribution is 0.582. The molecule has 1 aromatic carbocycles. The highest BCUT2D eigenvalue weighted by Crippen LogP contribution is 2.20. The van der Waals surface area contributed by atoms with E-state index in [0.717, 1.165) is 14.5 Å². The van der Waals surface area contributed by atoms with Crippen LogP contribution in [0.3, 0.4) is 0 Å². The fourth-order valence-electron chi connectivity index (χ4n) is 2.01. The zero-order valence-corrected chi connectivity index (χ0v) is 14.1. The minimum atomic E-state index is -3.52. The Morgan fingerprint density at radius 3 is 2.61 bits per heavy atom. The predicted molar refractivity (Wildman–Crippen MR) is 92.0 cm³/mol. The van der Waals surface area contributed by atoms with Crippen molar-refractivity contribution in [3.63, 3.8) is 0 Å². The Morgan fingerprint density at radius 1 is 1.17 bits per heavy atom. The molecule has 0 radical (unpaired) electrons. The number of thiophene rings is 1. The van der Waals surface area contributed by atoms with Gasteiger partial charge in [0.25, 0.3) is 10.0 Å². The Labute approximate surface area is 138 Å². The molecule has 0 aliphatic heterocycles. The second kappa shape index (κ2) is 6.51. The fourth-order valence-corrected chi connectivity index (χ4v) is 3.47. The Morgan fingerprint density at radius 2 is 1.96 bits per heavy atom. The maximum absolute atomic E-state index is 12.3. The van der Waals surface area contributed by atoms with Crippen LogP contribution in [-0.4, -0.2) is 28.3 Å². The van der Waals surface area contributed by atoms with E-state index in [2.05, 4.69) is 15.4 Å². The van der Waals surface area contributed by atoms with E-state index in [9.17, 15) is 8.42 Å². The highest BCUT2D eigenvalue weighted by atomic mass is 32.2. The molecule has 0 saturated heterocycles. The van der Waals surface area contributed by atoms with E-state index in [-0.39, 0.29) is 11.7 Å². The predicted octanol–water partition coefficient (Wildman–Crippen LogP) is 2.82. The standard InChI is InChI=1S/C15H16N4O2S2/c1-2-23(20,21)19-15(16-11-13-9-6-10-22-13)17-14(18-19)12-7-4-3-5-8-12/h3-10H,2,11H2,1H3,(H,16,17,18). The summed E-state index contributed by atoms with van der Waals surface area (Å²) in [5, 5.41) is 9.22. The van der Waals surface area contributed by atoms with Crippen molar-refractivity contribution in [1.29, 1.82) is 0 Å². The van der Waals surface area contributed by atoms with E-state index in [1.54, 1.807) is 18.3 Å². The Hall–Kier alpha value is -2.19. The third-order valence-corrected chi connectivity index (χ3v) is 5.63. The molecule has 0 spiro atoms. The smallest absolute Gasteiger partial charge is 0.256 e. The molecule has 0 amide bonds. The summed E-state index contributed by atoms with van der Waals surface area (Å²) < 4.78 is 25.5. The molecule has 0 fully saturated rings. The number of rotatable bonds is 6. The van der Waals surface area contributed by atoms with Crippen LogP contribution in [0.2, 0.25) is 0 Å². The van der Waals surface area contributed by atoms with Gasteiger partial charge in [-0.2, -0.15) is 4.98 Å². The van der Waals surface area contributed by atoms with Gasteiger partial charge in [-0.25, -0.2) is 8.42 Å². The molecule has 120 valence electrons. The molecular weight excluding hydrogens is 332 g/mol. The summed E-state index contributed by atoms with van der Waals surface area (Å²) in [6.07, 6.45) is 0. The Bertz CT molecular complexity index is 872. The maximum atomic E-state index is 12.3. The van der Waals surface area contributed by atoms with Crippen LogP contribution in [0.4, 0.5) is 5.95 Å². The zero-order valence-electron chi connectivity index (χ0n) is 12.5. The number of nitrogens with one attached hydrogen (secondary N) is 1. The van der Waals surface area contributed by atoms with Gasteiger partial charge in [-0.1, -0.05) is 36.4 Å². The molecule has 2 aromatic heterocycles. The van der Waals surface area contributed by atoms with Crippen LogP contribution in [0.15, 0.2) is 47.8 Å². The molecular formula is C15H16N4O2S2. The van der Waals surface area contributed by atoms with Gasteiger partial charge in [0.2, 0.25) is 5.95 Å². The van der Waals surface area contributed by atoms with Crippen molar-refractivity contribution < 1.29 is 8.42 Å². The first kappa shape index (κ1) is 15.7. The Kier molecular flexibility index (Phi) is 4.44. The summed E-state index contributed by atoms with van der Waals surface area (Å²) >= 11 is 1.60. The van der Waals surface area contributed by atoms with Gasteiger partial charge in [0.15, 0.2) is 5.82 Å². The van der Waals surface area contributed by atoms with Crippen LogP contribution >= 0.6 is 11.3 Å². The van der Waals surface area contributed by atoms with E-state index in [1.807, 2.05) is 47.8 Å². The van der Waals surface area contributed by atoms with E-state index in [1.165, 1.54) is 0 Å². The maximum Gasteiger partial charge on any atom is 0.256 e. The van der Waals surface area contributed by atoms with Crippen molar-refractivity contribution in [3.8, 4) is 11.4 Å². The summed E-state index contributed by atoms with van der Waals surface area (Å²) in [7, 11) is -3.52. The van der Waals surface area contributed by atoms with E-state index >= 15 is 0 Å². The van der Waals surface area contributed by atoms with Crippen LogP contribution in [0.5, 0.6) is 0 Å². The first-order valence-corrected chi connectivity index (χ1v) is 9.61. The lowest BCUT2D eigenvalue weighted by Gasteiger charge is -2.06. The van der Waals surface area contributed by atoms with Gasteiger partial charge < -0.3 is 5.32 Å².